The number of nitrogens with zero attached hydrogens (tertiary/aromatic N) is 2. The van der Waals surface area contributed by atoms with Gasteiger partial charge in [-0.2, -0.15) is 0 Å². The number of aromatic nitrogens is 1. The van der Waals surface area contributed by atoms with Crippen LogP contribution in [0.3, 0.4) is 0 Å². The fourth-order valence-corrected chi connectivity index (χ4v) is 4.36. The second-order valence-corrected chi connectivity index (χ2v) is 9.95. The molecule has 0 fully saturated rings. The lowest BCUT2D eigenvalue weighted by molar-refractivity contribution is -0.114. The van der Waals surface area contributed by atoms with Crippen molar-refractivity contribution in [1.29, 1.82) is 0 Å². The molecule has 0 saturated carbocycles. The van der Waals surface area contributed by atoms with E-state index in [9.17, 15) is 14.4 Å². The van der Waals surface area contributed by atoms with Crippen molar-refractivity contribution in [3.63, 3.8) is 0 Å². The zero-order valence-corrected chi connectivity index (χ0v) is 22.9. The third-order valence-corrected chi connectivity index (χ3v) is 6.64. The lowest BCUT2D eigenvalue weighted by atomic mass is 10.1. The molecular weight excluding hydrogens is 522 g/mol. The zero-order valence-electron chi connectivity index (χ0n) is 22.1. The Labute approximate surface area is 237 Å². The van der Waals surface area contributed by atoms with E-state index in [1.807, 2.05) is 55.4 Å². The number of thioether (sulfide) groups is 1. The Kier molecular flexibility index (Phi) is 9.68. The molecule has 1 heterocycles. The third-order valence-electron chi connectivity index (χ3n) is 5.64. The largest absolute Gasteiger partial charge is 0.378 e. The standard InChI is InChI=1S/C31H29N5O3S/c1-36(2)25-16-14-22(15-17-25)19-27(34-30(38)23-9-4-3-5-10-23)31(39)33-24-11-8-12-26(20-24)40-21-29(37)35-28-13-6-7-18-32-28/h3-20H,21H2,1-2H3,(H,33,39)(H,34,38)(H,32,35,37)/b27-19+. The minimum Gasteiger partial charge on any atom is -0.378 e. The Morgan fingerprint density at radius 1 is 0.850 bits per heavy atom. The first-order valence-corrected chi connectivity index (χ1v) is 13.5. The van der Waals surface area contributed by atoms with Crippen molar-refractivity contribution in [2.75, 3.05) is 35.4 Å². The van der Waals surface area contributed by atoms with E-state index >= 15 is 0 Å². The van der Waals surface area contributed by atoms with Crippen LogP contribution < -0.4 is 20.9 Å². The van der Waals surface area contributed by atoms with E-state index in [4.69, 9.17) is 0 Å². The van der Waals surface area contributed by atoms with Crippen LogP contribution in [0.15, 0.2) is 114 Å². The molecule has 0 unspecified atom stereocenters. The van der Waals surface area contributed by atoms with Gasteiger partial charge in [0.2, 0.25) is 5.91 Å². The molecule has 3 N–H and O–H groups in total. The average molecular weight is 552 g/mol. The molecule has 3 aromatic carbocycles. The lowest BCUT2D eigenvalue weighted by Gasteiger charge is -2.14. The Morgan fingerprint density at radius 3 is 2.30 bits per heavy atom. The van der Waals surface area contributed by atoms with Crippen LogP contribution in [0.5, 0.6) is 0 Å². The minimum atomic E-state index is -0.476. The molecule has 0 aliphatic carbocycles. The molecule has 4 aromatic rings. The molecule has 0 atom stereocenters. The first-order chi connectivity index (χ1) is 19.4. The summed E-state index contributed by atoms with van der Waals surface area (Å²) < 4.78 is 0. The molecule has 40 heavy (non-hydrogen) atoms. The van der Waals surface area contributed by atoms with Crippen molar-refractivity contribution < 1.29 is 14.4 Å². The highest BCUT2D eigenvalue weighted by molar-refractivity contribution is 8.00. The van der Waals surface area contributed by atoms with Crippen molar-refractivity contribution in [2.24, 2.45) is 0 Å². The summed E-state index contributed by atoms with van der Waals surface area (Å²) in [7, 11) is 3.90. The van der Waals surface area contributed by atoms with E-state index in [-0.39, 0.29) is 17.4 Å². The molecule has 9 heteroatoms. The molecule has 4 rings (SSSR count). The Bertz CT molecular complexity index is 1490. The maximum absolute atomic E-state index is 13.4. The number of carbonyl (C=O) groups is 3. The molecule has 0 saturated heterocycles. The first-order valence-electron chi connectivity index (χ1n) is 12.5. The van der Waals surface area contributed by atoms with Crippen LogP contribution in [0.25, 0.3) is 6.08 Å². The van der Waals surface area contributed by atoms with Crippen LogP contribution in [0, 0.1) is 0 Å². The topological polar surface area (TPSA) is 103 Å². The Morgan fingerprint density at radius 2 is 1.60 bits per heavy atom. The number of amides is 3. The van der Waals surface area contributed by atoms with Crippen LogP contribution in [0.2, 0.25) is 0 Å². The number of carbonyl (C=O) groups excluding carboxylic acids is 3. The summed E-state index contributed by atoms with van der Waals surface area (Å²) in [4.78, 5) is 45.4. The predicted molar refractivity (Wildman–Crippen MR) is 161 cm³/mol. The van der Waals surface area contributed by atoms with E-state index in [1.54, 1.807) is 72.9 Å². The number of benzene rings is 3. The fraction of sp³-hybridized carbons (Fsp3) is 0.0968. The highest BCUT2D eigenvalue weighted by Crippen LogP contribution is 2.23. The van der Waals surface area contributed by atoms with Gasteiger partial charge in [0.05, 0.1) is 5.75 Å². The van der Waals surface area contributed by atoms with Crippen LogP contribution in [0.4, 0.5) is 17.2 Å². The van der Waals surface area contributed by atoms with Crippen LogP contribution in [-0.2, 0) is 9.59 Å². The fourth-order valence-electron chi connectivity index (χ4n) is 3.60. The van der Waals surface area contributed by atoms with E-state index < -0.39 is 11.8 Å². The van der Waals surface area contributed by atoms with Crippen LogP contribution in [0.1, 0.15) is 15.9 Å². The van der Waals surface area contributed by atoms with Crippen molar-refractivity contribution in [1.82, 2.24) is 10.3 Å². The molecule has 0 bridgehead atoms. The number of nitrogens with one attached hydrogen (secondary N) is 3. The number of hydrogen-bond acceptors (Lipinski definition) is 6. The van der Waals surface area contributed by atoms with Crippen molar-refractivity contribution in [3.8, 4) is 0 Å². The molecular formula is C31H29N5O3S. The molecule has 202 valence electrons. The van der Waals surface area contributed by atoms with Crippen molar-refractivity contribution >= 4 is 52.8 Å². The molecule has 3 amide bonds. The zero-order chi connectivity index (χ0) is 28.3. The van der Waals surface area contributed by atoms with Crippen molar-refractivity contribution in [3.05, 3.63) is 120 Å². The quantitative estimate of drug-likeness (QED) is 0.183. The van der Waals surface area contributed by atoms with Gasteiger partial charge in [0.15, 0.2) is 0 Å². The van der Waals surface area contributed by atoms with Gasteiger partial charge in [0, 0.05) is 42.1 Å². The van der Waals surface area contributed by atoms with Gasteiger partial charge < -0.3 is 20.9 Å². The maximum Gasteiger partial charge on any atom is 0.272 e. The minimum absolute atomic E-state index is 0.0965. The summed E-state index contributed by atoms with van der Waals surface area (Å²) in [5.41, 5.74) is 2.83. The maximum atomic E-state index is 13.4. The SMILES string of the molecule is CN(C)c1ccc(/C=C(/NC(=O)c2ccccc2)C(=O)Nc2cccc(SCC(=O)Nc3ccccn3)c2)cc1. The van der Waals surface area contributed by atoms with Gasteiger partial charge in [0.1, 0.15) is 11.5 Å². The highest BCUT2D eigenvalue weighted by Gasteiger charge is 2.15. The molecule has 0 spiro atoms. The second-order valence-electron chi connectivity index (χ2n) is 8.90. The molecule has 0 aliphatic rings. The van der Waals surface area contributed by atoms with E-state index in [0.717, 1.165) is 16.1 Å². The van der Waals surface area contributed by atoms with Gasteiger partial charge in [-0.15, -0.1) is 11.8 Å². The summed E-state index contributed by atoms with van der Waals surface area (Å²) in [5.74, 6) is -0.393. The van der Waals surface area contributed by atoms with Gasteiger partial charge >= 0.3 is 0 Å². The molecule has 1 aromatic heterocycles. The summed E-state index contributed by atoms with van der Waals surface area (Å²) in [6, 6.07) is 28.8. The van der Waals surface area contributed by atoms with Gasteiger partial charge in [-0.05, 0) is 66.2 Å². The number of anilines is 3. The highest BCUT2D eigenvalue weighted by atomic mass is 32.2. The molecule has 8 nitrogen and oxygen atoms in total. The molecule has 0 aliphatic heterocycles. The van der Waals surface area contributed by atoms with Crippen LogP contribution >= 0.6 is 11.8 Å². The number of hydrogen-bond donors (Lipinski definition) is 3. The second kappa shape index (κ2) is 13.8. The Hall–Kier alpha value is -4.89. The normalized spacial score (nSPS) is 10.9. The molecule has 0 radical (unpaired) electrons. The van der Waals surface area contributed by atoms with Crippen molar-refractivity contribution in [2.45, 2.75) is 4.90 Å². The van der Waals surface area contributed by atoms with Gasteiger partial charge in [-0.1, -0.05) is 42.5 Å². The summed E-state index contributed by atoms with van der Waals surface area (Å²) in [6.07, 6.45) is 3.24. The summed E-state index contributed by atoms with van der Waals surface area (Å²) in [5, 5.41) is 8.36. The van der Waals surface area contributed by atoms with Gasteiger partial charge in [0.25, 0.3) is 11.8 Å². The number of rotatable bonds is 10. The van der Waals surface area contributed by atoms with E-state index in [2.05, 4.69) is 20.9 Å². The summed E-state index contributed by atoms with van der Waals surface area (Å²) >= 11 is 1.33. The van der Waals surface area contributed by atoms with E-state index in [0.29, 0.717) is 17.1 Å². The summed E-state index contributed by atoms with van der Waals surface area (Å²) in [6.45, 7) is 0. The smallest absolute Gasteiger partial charge is 0.272 e. The average Bonchev–Trinajstić information content (AvgIpc) is 2.97. The van der Waals surface area contributed by atoms with Gasteiger partial charge in [-0.3, -0.25) is 14.4 Å². The first kappa shape index (κ1) is 28.1. The van der Waals surface area contributed by atoms with Crippen LogP contribution in [-0.4, -0.2) is 42.6 Å². The lowest BCUT2D eigenvalue weighted by Crippen LogP contribution is -2.30. The predicted octanol–water partition coefficient (Wildman–Crippen LogP) is 5.29. The van der Waals surface area contributed by atoms with Gasteiger partial charge in [-0.25, -0.2) is 4.98 Å². The Balaban J connectivity index is 1.47. The van der Waals surface area contributed by atoms with E-state index in [1.165, 1.54) is 11.8 Å². The third kappa shape index (κ3) is 8.31. The number of pyridine rings is 1. The monoisotopic (exact) mass is 551 g/mol.